The molecule has 1 atom stereocenters. The van der Waals surface area contributed by atoms with Crippen LogP contribution in [0, 0.1) is 0 Å². The third kappa shape index (κ3) is 4.86. The van der Waals surface area contributed by atoms with Crippen LogP contribution < -0.4 is 11.1 Å². The van der Waals surface area contributed by atoms with Gasteiger partial charge < -0.3 is 11.1 Å². The van der Waals surface area contributed by atoms with Gasteiger partial charge in [-0.1, -0.05) is 6.07 Å². The topological polar surface area (TPSA) is 58.4 Å². The number of nitrogens with one attached hydrogen (secondary N) is 1. The van der Waals surface area contributed by atoms with Crippen molar-refractivity contribution in [2.75, 3.05) is 18.8 Å². The summed E-state index contributed by atoms with van der Waals surface area (Å²) in [6, 6.07) is 9.61. The minimum absolute atomic E-state index is 0. The Balaban J connectivity index is 0.00000144. The molecule has 2 aromatic rings. The smallest absolute Gasteiger partial charge is 0.251 e. The molecule has 0 bridgehead atoms. The predicted octanol–water partition coefficient (Wildman–Crippen LogP) is 3.35. The molecule has 3 N–H and O–H groups in total. The number of amides is 1. The first-order chi connectivity index (χ1) is 10.6. The van der Waals surface area contributed by atoms with Gasteiger partial charge in [-0.3, -0.25) is 9.69 Å². The molecule has 1 aromatic heterocycles. The number of hydrogen-bond donors (Lipinski definition) is 2. The molecule has 0 saturated heterocycles. The van der Waals surface area contributed by atoms with Crippen molar-refractivity contribution in [2.45, 2.75) is 25.9 Å². The highest BCUT2D eigenvalue weighted by atomic mass is 35.5. The average molecular weight is 388 g/mol. The fourth-order valence-corrected chi connectivity index (χ4v) is 3.69. The summed E-state index contributed by atoms with van der Waals surface area (Å²) in [7, 11) is 0. The van der Waals surface area contributed by atoms with E-state index in [2.05, 4.69) is 28.6 Å². The van der Waals surface area contributed by atoms with E-state index < -0.39 is 0 Å². The Kier molecular flexibility index (Phi) is 8.03. The van der Waals surface area contributed by atoms with Gasteiger partial charge in [0.15, 0.2) is 0 Å². The third-order valence-electron chi connectivity index (χ3n) is 4.17. The van der Waals surface area contributed by atoms with E-state index in [9.17, 15) is 4.79 Å². The Labute approximate surface area is 159 Å². The summed E-state index contributed by atoms with van der Waals surface area (Å²) in [6.45, 7) is 4.85. The Morgan fingerprint density at radius 1 is 1.38 bits per heavy atom. The number of benzene rings is 1. The number of fused-ring (bicyclic) bond motifs is 1. The van der Waals surface area contributed by atoms with Gasteiger partial charge >= 0.3 is 0 Å². The van der Waals surface area contributed by atoms with E-state index in [0.29, 0.717) is 23.8 Å². The summed E-state index contributed by atoms with van der Waals surface area (Å²) in [4.78, 5) is 16.1. The second-order valence-electron chi connectivity index (χ2n) is 5.77. The highest BCUT2D eigenvalue weighted by Gasteiger charge is 2.21. The SMILES string of the molecule is CC(CNC(=O)c1cccc(N)c1)N1CCc2sccc2C1.Cl.Cl. The van der Waals surface area contributed by atoms with Crippen molar-refractivity contribution in [3.63, 3.8) is 0 Å². The molecule has 24 heavy (non-hydrogen) atoms. The van der Waals surface area contributed by atoms with Crippen molar-refractivity contribution in [3.8, 4) is 0 Å². The fraction of sp³-hybridized carbons (Fsp3) is 0.353. The third-order valence-corrected chi connectivity index (χ3v) is 5.19. The first kappa shape index (κ1) is 20.8. The molecule has 3 rings (SSSR count). The van der Waals surface area contributed by atoms with E-state index in [4.69, 9.17) is 5.73 Å². The summed E-state index contributed by atoms with van der Waals surface area (Å²) < 4.78 is 0. The van der Waals surface area contributed by atoms with E-state index >= 15 is 0 Å². The molecule has 1 aliphatic rings. The molecule has 132 valence electrons. The molecule has 0 aliphatic carbocycles. The minimum atomic E-state index is -0.0626. The largest absolute Gasteiger partial charge is 0.399 e. The number of hydrogen-bond acceptors (Lipinski definition) is 4. The van der Waals surface area contributed by atoms with Crippen LogP contribution in [-0.4, -0.2) is 29.9 Å². The summed E-state index contributed by atoms with van der Waals surface area (Å²) in [5, 5.41) is 5.17. The number of carbonyl (C=O) groups is 1. The number of nitrogens with two attached hydrogens (primary N) is 1. The van der Waals surface area contributed by atoms with Gasteiger partial charge in [0.25, 0.3) is 5.91 Å². The molecule has 1 aromatic carbocycles. The first-order valence-electron chi connectivity index (χ1n) is 7.56. The highest BCUT2D eigenvalue weighted by Crippen LogP contribution is 2.24. The van der Waals surface area contributed by atoms with E-state index in [-0.39, 0.29) is 30.7 Å². The zero-order chi connectivity index (χ0) is 15.5. The van der Waals surface area contributed by atoms with Crippen LogP contribution >= 0.6 is 36.2 Å². The zero-order valence-corrected chi connectivity index (χ0v) is 16.0. The Hall–Kier alpha value is -1.27. The lowest BCUT2D eigenvalue weighted by molar-refractivity contribution is 0.0933. The van der Waals surface area contributed by atoms with Crippen molar-refractivity contribution in [2.24, 2.45) is 0 Å². The lowest BCUT2D eigenvalue weighted by Gasteiger charge is -2.32. The molecule has 0 saturated carbocycles. The van der Waals surface area contributed by atoms with Gasteiger partial charge in [-0.05, 0) is 48.6 Å². The monoisotopic (exact) mass is 387 g/mol. The lowest BCUT2D eigenvalue weighted by Crippen LogP contribution is -2.44. The van der Waals surface area contributed by atoms with Gasteiger partial charge in [-0.15, -0.1) is 36.2 Å². The molecule has 0 fully saturated rings. The number of rotatable bonds is 4. The standard InChI is InChI=1S/C17H21N3OS.2ClH/c1-12(20-7-5-16-14(11-20)6-8-22-16)10-19-17(21)13-3-2-4-15(18)9-13;;/h2-4,6,8-9,12H,5,7,10-11,18H2,1H3,(H,19,21);2*1H. The number of carbonyl (C=O) groups excluding carboxylic acids is 1. The molecule has 1 amide bonds. The van der Waals surface area contributed by atoms with Crippen LogP contribution in [0.1, 0.15) is 27.7 Å². The molecular weight excluding hydrogens is 365 g/mol. The maximum atomic E-state index is 12.2. The predicted molar refractivity (Wildman–Crippen MR) is 106 cm³/mol. The normalized spacial score (nSPS) is 14.7. The Morgan fingerprint density at radius 2 is 2.17 bits per heavy atom. The first-order valence-corrected chi connectivity index (χ1v) is 8.44. The van der Waals surface area contributed by atoms with Crippen molar-refractivity contribution >= 4 is 47.7 Å². The summed E-state index contributed by atoms with van der Waals surface area (Å²) in [6.07, 6.45) is 1.11. The van der Waals surface area contributed by atoms with Crippen molar-refractivity contribution in [3.05, 3.63) is 51.7 Å². The fourth-order valence-electron chi connectivity index (χ4n) is 2.80. The minimum Gasteiger partial charge on any atom is -0.399 e. The van der Waals surface area contributed by atoms with Gasteiger partial charge in [0.05, 0.1) is 0 Å². The van der Waals surface area contributed by atoms with Gasteiger partial charge in [0.2, 0.25) is 0 Å². The maximum absolute atomic E-state index is 12.2. The van der Waals surface area contributed by atoms with Crippen molar-refractivity contribution in [1.82, 2.24) is 10.2 Å². The van der Waals surface area contributed by atoms with Crippen LogP contribution in [0.5, 0.6) is 0 Å². The molecule has 0 spiro atoms. The molecule has 1 aliphatic heterocycles. The van der Waals surface area contributed by atoms with Gasteiger partial charge in [0, 0.05) is 41.8 Å². The van der Waals surface area contributed by atoms with Crippen molar-refractivity contribution < 1.29 is 4.79 Å². The quantitative estimate of drug-likeness (QED) is 0.790. The molecule has 0 radical (unpaired) electrons. The van der Waals surface area contributed by atoms with Crippen LogP contribution in [0.25, 0.3) is 0 Å². The van der Waals surface area contributed by atoms with Gasteiger partial charge in [-0.2, -0.15) is 0 Å². The zero-order valence-electron chi connectivity index (χ0n) is 13.5. The van der Waals surface area contributed by atoms with E-state index in [0.717, 1.165) is 19.5 Å². The summed E-state index contributed by atoms with van der Waals surface area (Å²) >= 11 is 1.85. The van der Waals surface area contributed by atoms with Crippen LogP contribution in [0.4, 0.5) is 5.69 Å². The average Bonchev–Trinajstić information content (AvgIpc) is 2.99. The van der Waals surface area contributed by atoms with E-state index in [1.165, 1.54) is 10.4 Å². The molecule has 7 heteroatoms. The van der Waals surface area contributed by atoms with Crippen LogP contribution in [0.15, 0.2) is 35.7 Å². The lowest BCUT2D eigenvalue weighted by atomic mass is 10.1. The van der Waals surface area contributed by atoms with Crippen LogP contribution in [0.3, 0.4) is 0 Å². The van der Waals surface area contributed by atoms with E-state index in [1.807, 2.05) is 11.3 Å². The van der Waals surface area contributed by atoms with E-state index in [1.54, 1.807) is 24.3 Å². The number of halogens is 2. The van der Waals surface area contributed by atoms with Crippen LogP contribution in [0.2, 0.25) is 0 Å². The van der Waals surface area contributed by atoms with Gasteiger partial charge in [0.1, 0.15) is 0 Å². The number of anilines is 1. The van der Waals surface area contributed by atoms with Crippen LogP contribution in [-0.2, 0) is 13.0 Å². The Bertz CT molecular complexity index is 677. The van der Waals surface area contributed by atoms with Crippen molar-refractivity contribution in [1.29, 1.82) is 0 Å². The second kappa shape index (κ2) is 9.28. The molecule has 2 heterocycles. The number of nitrogen functional groups attached to an aromatic ring is 1. The molecule has 4 nitrogen and oxygen atoms in total. The number of thiophene rings is 1. The second-order valence-corrected chi connectivity index (χ2v) is 6.77. The molecular formula is C17H23Cl2N3OS. The molecule has 1 unspecified atom stereocenters. The Morgan fingerprint density at radius 3 is 2.92 bits per heavy atom. The number of nitrogens with zero attached hydrogens (tertiary/aromatic N) is 1. The summed E-state index contributed by atoms with van der Waals surface area (Å²) in [5.41, 5.74) is 8.38. The maximum Gasteiger partial charge on any atom is 0.251 e. The highest BCUT2D eigenvalue weighted by molar-refractivity contribution is 7.10. The summed E-state index contributed by atoms with van der Waals surface area (Å²) in [5.74, 6) is -0.0626. The van der Waals surface area contributed by atoms with Gasteiger partial charge in [-0.25, -0.2) is 0 Å².